The second-order valence-electron chi connectivity index (χ2n) is 5.46. The number of hydrogen-bond donors (Lipinski definition) is 2. The first-order chi connectivity index (χ1) is 9.08. The predicted octanol–water partition coefficient (Wildman–Crippen LogP) is 2.48. The first kappa shape index (κ1) is 16.8. The average molecular weight is 299 g/mol. The van der Waals surface area contributed by atoms with E-state index in [2.05, 4.69) is 19.2 Å². The van der Waals surface area contributed by atoms with E-state index in [0.717, 1.165) is 13.0 Å². The molecule has 1 heterocycles. The summed E-state index contributed by atoms with van der Waals surface area (Å²) >= 11 is 0. The van der Waals surface area contributed by atoms with E-state index in [1.54, 1.807) is 24.3 Å². The van der Waals surface area contributed by atoms with E-state index >= 15 is 0 Å². The van der Waals surface area contributed by atoms with Crippen LogP contribution in [0.1, 0.15) is 30.6 Å². The van der Waals surface area contributed by atoms with Crippen LogP contribution in [0.2, 0.25) is 0 Å². The summed E-state index contributed by atoms with van der Waals surface area (Å²) in [6.45, 7) is 5.77. The highest BCUT2D eigenvalue weighted by atomic mass is 35.5. The van der Waals surface area contributed by atoms with Crippen LogP contribution in [0.5, 0.6) is 0 Å². The quantitative estimate of drug-likeness (QED) is 0.839. The molecule has 1 amide bonds. The third-order valence-corrected chi connectivity index (χ3v) is 3.59. The summed E-state index contributed by atoms with van der Waals surface area (Å²) in [6, 6.07) is 7.04. The van der Waals surface area contributed by atoms with Crippen molar-refractivity contribution in [3.8, 4) is 0 Å². The van der Waals surface area contributed by atoms with Gasteiger partial charge >= 0.3 is 0 Å². The summed E-state index contributed by atoms with van der Waals surface area (Å²) in [4.78, 5) is 12.0. The summed E-state index contributed by atoms with van der Waals surface area (Å²) < 4.78 is 5.71. The highest BCUT2D eigenvalue weighted by molar-refractivity contribution is 5.94. The Balaban J connectivity index is 0.00000200. The van der Waals surface area contributed by atoms with Crippen molar-refractivity contribution in [3.05, 3.63) is 29.8 Å². The smallest absolute Gasteiger partial charge is 0.251 e. The van der Waals surface area contributed by atoms with Crippen molar-refractivity contribution < 1.29 is 9.53 Å². The molecule has 4 nitrogen and oxygen atoms in total. The van der Waals surface area contributed by atoms with Crippen LogP contribution in [0, 0.1) is 11.8 Å². The van der Waals surface area contributed by atoms with Crippen LogP contribution in [0.3, 0.4) is 0 Å². The van der Waals surface area contributed by atoms with E-state index in [9.17, 15) is 4.79 Å². The minimum absolute atomic E-state index is 0. The van der Waals surface area contributed by atoms with Gasteiger partial charge in [0, 0.05) is 30.3 Å². The summed E-state index contributed by atoms with van der Waals surface area (Å²) in [5, 5.41) is 2.98. The minimum atomic E-state index is -0.0679. The monoisotopic (exact) mass is 298 g/mol. The molecule has 1 fully saturated rings. The number of nitrogens with two attached hydrogens (primary N) is 1. The highest BCUT2D eigenvalue weighted by Gasteiger charge is 2.30. The van der Waals surface area contributed by atoms with E-state index in [-0.39, 0.29) is 24.4 Å². The van der Waals surface area contributed by atoms with Crippen molar-refractivity contribution in [2.45, 2.75) is 26.4 Å². The summed E-state index contributed by atoms with van der Waals surface area (Å²) in [6.07, 6.45) is 1.27. The lowest BCUT2D eigenvalue weighted by molar-refractivity contribution is 0.0533. The second kappa shape index (κ2) is 7.50. The molecule has 1 aromatic carbocycles. The third-order valence-electron chi connectivity index (χ3n) is 3.59. The lowest BCUT2D eigenvalue weighted by Crippen LogP contribution is -2.34. The second-order valence-corrected chi connectivity index (χ2v) is 5.46. The molecule has 20 heavy (non-hydrogen) atoms. The van der Waals surface area contributed by atoms with Crippen LogP contribution in [0.25, 0.3) is 0 Å². The number of nitrogens with one attached hydrogen (secondary N) is 1. The van der Waals surface area contributed by atoms with Crippen LogP contribution < -0.4 is 11.1 Å². The fraction of sp³-hybridized carbons (Fsp3) is 0.533. The summed E-state index contributed by atoms with van der Waals surface area (Å²) in [5.41, 5.74) is 6.90. The van der Waals surface area contributed by atoms with Gasteiger partial charge in [0.2, 0.25) is 0 Å². The Labute approximate surface area is 126 Å². The number of benzene rings is 1. The van der Waals surface area contributed by atoms with Crippen LogP contribution in [-0.4, -0.2) is 25.2 Å². The van der Waals surface area contributed by atoms with Gasteiger partial charge < -0.3 is 15.8 Å². The van der Waals surface area contributed by atoms with Crippen molar-refractivity contribution in [3.63, 3.8) is 0 Å². The van der Waals surface area contributed by atoms with Gasteiger partial charge in [-0.3, -0.25) is 4.79 Å². The van der Waals surface area contributed by atoms with Gasteiger partial charge in [0.25, 0.3) is 5.91 Å². The first-order valence-electron chi connectivity index (χ1n) is 6.83. The molecule has 112 valence electrons. The Hall–Kier alpha value is -1.26. The van der Waals surface area contributed by atoms with Crippen LogP contribution in [-0.2, 0) is 4.74 Å². The van der Waals surface area contributed by atoms with Gasteiger partial charge in [-0.25, -0.2) is 0 Å². The van der Waals surface area contributed by atoms with Crippen molar-refractivity contribution in [1.82, 2.24) is 5.32 Å². The molecular formula is C15H23ClN2O2. The molecule has 2 unspecified atom stereocenters. The number of amides is 1. The zero-order chi connectivity index (χ0) is 13.8. The third kappa shape index (κ3) is 4.12. The predicted molar refractivity (Wildman–Crippen MR) is 83.1 cm³/mol. The van der Waals surface area contributed by atoms with E-state index < -0.39 is 0 Å². The number of carbonyl (C=O) groups excluding carboxylic acids is 1. The topological polar surface area (TPSA) is 64.3 Å². The molecule has 0 saturated carbocycles. The number of halogens is 1. The summed E-state index contributed by atoms with van der Waals surface area (Å²) in [7, 11) is 0. The Kier molecular flexibility index (Phi) is 6.30. The Morgan fingerprint density at radius 3 is 2.90 bits per heavy atom. The van der Waals surface area contributed by atoms with E-state index in [0.29, 0.717) is 29.6 Å². The van der Waals surface area contributed by atoms with E-state index in [1.807, 2.05) is 0 Å². The molecule has 1 aliphatic heterocycles. The van der Waals surface area contributed by atoms with Gasteiger partial charge in [0.05, 0.1) is 6.10 Å². The molecule has 2 atom stereocenters. The minimum Gasteiger partial charge on any atom is -0.399 e. The van der Waals surface area contributed by atoms with Gasteiger partial charge in [-0.15, -0.1) is 12.4 Å². The Bertz CT molecular complexity index is 451. The van der Waals surface area contributed by atoms with Crippen molar-refractivity contribution in [2.75, 3.05) is 18.9 Å². The van der Waals surface area contributed by atoms with Crippen molar-refractivity contribution in [2.24, 2.45) is 11.8 Å². The number of anilines is 1. The van der Waals surface area contributed by atoms with Gasteiger partial charge in [-0.2, -0.15) is 0 Å². The molecule has 0 bridgehead atoms. The number of ether oxygens (including phenoxy) is 1. The van der Waals surface area contributed by atoms with Gasteiger partial charge in [-0.05, 0) is 30.5 Å². The largest absolute Gasteiger partial charge is 0.399 e. The molecular weight excluding hydrogens is 276 g/mol. The van der Waals surface area contributed by atoms with Crippen LogP contribution in [0.15, 0.2) is 24.3 Å². The lowest BCUT2D eigenvalue weighted by Gasteiger charge is -2.22. The molecule has 2 rings (SSSR count). The average Bonchev–Trinajstić information content (AvgIpc) is 2.84. The van der Waals surface area contributed by atoms with Crippen LogP contribution >= 0.6 is 12.4 Å². The Morgan fingerprint density at radius 1 is 1.50 bits per heavy atom. The number of nitrogen functional groups attached to an aromatic ring is 1. The zero-order valence-electron chi connectivity index (χ0n) is 12.0. The van der Waals surface area contributed by atoms with Gasteiger partial charge in [0.1, 0.15) is 0 Å². The molecule has 0 aliphatic carbocycles. The SMILES string of the molecule is CC(C)C1OCCC1CNC(=O)c1cccc(N)c1.Cl. The van der Waals surface area contributed by atoms with Crippen molar-refractivity contribution >= 4 is 24.0 Å². The van der Waals surface area contributed by atoms with E-state index in [4.69, 9.17) is 10.5 Å². The van der Waals surface area contributed by atoms with Crippen molar-refractivity contribution in [1.29, 1.82) is 0 Å². The fourth-order valence-corrected chi connectivity index (χ4v) is 2.62. The number of carbonyl (C=O) groups is 1. The molecule has 1 saturated heterocycles. The summed E-state index contributed by atoms with van der Waals surface area (Å²) in [5.74, 6) is 0.823. The standard InChI is InChI=1S/C15H22N2O2.ClH/c1-10(2)14-12(6-7-19-14)9-17-15(18)11-4-3-5-13(16)8-11;/h3-5,8,10,12,14H,6-7,9,16H2,1-2H3,(H,17,18);1H. The maximum atomic E-state index is 12.0. The molecule has 0 spiro atoms. The maximum absolute atomic E-state index is 12.0. The fourth-order valence-electron chi connectivity index (χ4n) is 2.62. The molecule has 0 aromatic heterocycles. The van der Waals surface area contributed by atoms with E-state index in [1.165, 1.54) is 0 Å². The Morgan fingerprint density at radius 2 is 2.25 bits per heavy atom. The van der Waals surface area contributed by atoms with Crippen LogP contribution in [0.4, 0.5) is 5.69 Å². The lowest BCUT2D eigenvalue weighted by atomic mass is 9.93. The molecule has 0 radical (unpaired) electrons. The molecule has 1 aliphatic rings. The number of hydrogen-bond acceptors (Lipinski definition) is 3. The first-order valence-corrected chi connectivity index (χ1v) is 6.83. The van der Waals surface area contributed by atoms with Gasteiger partial charge in [0.15, 0.2) is 0 Å². The molecule has 1 aromatic rings. The maximum Gasteiger partial charge on any atom is 0.251 e. The van der Waals surface area contributed by atoms with Gasteiger partial charge in [-0.1, -0.05) is 19.9 Å². The molecule has 5 heteroatoms. The zero-order valence-corrected chi connectivity index (χ0v) is 12.8. The highest BCUT2D eigenvalue weighted by Crippen LogP contribution is 2.26. The normalized spacial score (nSPS) is 21.6. The molecule has 3 N–H and O–H groups in total. The number of rotatable bonds is 4.